The topological polar surface area (TPSA) is 20.2 Å². The predicted octanol–water partition coefficient (Wildman–Crippen LogP) is 3.40. The van der Waals surface area contributed by atoms with Gasteiger partial charge in [-0.1, -0.05) is 37.0 Å². The van der Waals surface area contributed by atoms with Crippen molar-refractivity contribution < 1.29 is 9.50 Å². The first-order valence-corrected chi connectivity index (χ1v) is 4.90. The highest BCUT2D eigenvalue weighted by Gasteiger charge is 2.23. The van der Waals surface area contributed by atoms with Crippen LogP contribution in [0.3, 0.4) is 0 Å². The maximum absolute atomic E-state index is 13.2. The van der Waals surface area contributed by atoms with Gasteiger partial charge in [-0.15, -0.1) is 0 Å². The maximum atomic E-state index is 13.2. The number of halogens is 3. The molecule has 0 aromatic heterocycles. The lowest BCUT2D eigenvalue weighted by molar-refractivity contribution is 0.218. The zero-order chi connectivity index (χ0) is 10.9. The van der Waals surface area contributed by atoms with Crippen LogP contribution in [0.5, 0.6) is 0 Å². The molecule has 0 bridgehead atoms. The molecule has 0 aliphatic rings. The summed E-state index contributed by atoms with van der Waals surface area (Å²) in [7, 11) is 0. The van der Waals surface area contributed by atoms with Gasteiger partial charge in [0.1, 0.15) is 5.82 Å². The molecule has 0 aliphatic heterocycles. The minimum Gasteiger partial charge on any atom is -0.395 e. The number of aliphatic hydroxyl groups excluding tert-OH is 1. The second-order valence-electron chi connectivity index (χ2n) is 3.79. The van der Waals surface area contributed by atoms with Crippen LogP contribution >= 0.6 is 23.2 Å². The highest BCUT2D eigenvalue weighted by atomic mass is 35.5. The van der Waals surface area contributed by atoms with Gasteiger partial charge in [-0.2, -0.15) is 0 Å². The van der Waals surface area contributed by atoms with Crippen LogP contribution < -0.4 is 0 Å². The Morgan fingerprint density at radius 2 is 1.86 bits per heavy atom. The number of hydrogen-bond donors (Lipinski definition) is 1. The van der Waals surface area contributed by atoms with Gasteiger partial charge in [-0.25, -0.2) is 4.39 Å². The third-order valence-corrected chi connectivity index (χ3v) is 2.74. The molecule has 0 amide bonds. The summed E-state index contributed by atoms with van der Waals surface area (Å²) in [6.07, 6.45) is 0. The first-order valence-electron chi connectivity index (χ1n) is 4.14. The zero-order valence-electron chi connectivity index (χ0n) is 7.94. The van der Waals surface area contributed by atoms with Crippen LogP contribution in [0.2, 0.25) is 10.0 Å². The normalized spacial score (nSPS) is 11.9. The lowest BCUT2D eigenvalue weighted by atomic mass is 9.85. The van der Waals surface area contributed by atoms with Crippen molar-refractivity contribution in [2.45, 2.75) is 19.3 Å². The Morgan fingerprint density at radius 3 is 2.36 bits per heavy atom. The molecule has 0 fully saturated rings. The van der Waals surface area contributed by atoms with Crippen molar-refractivity contribution in [1.29, 1.82) is 0 Å². The molecule has 1 nitrogen and oxygen atoms in total. The summed E-state index contributed by atoms with van der Waals surface area (Å²) < 4.78 is 13.2. The third-order valence-electron chi connectivity index (χ3n) is 2.13. The van der Waals surface area contributed by atoms with E-state index in [9.17, 15) is 4.39 Å². The Kier molecular flexibility index (Phi) is 3.40. The fraction of sp³-hybridized carbons (Fsp3) is 0.400. The van der Waals surface area contributed by atoms with E-state index in [1.807, 2.05) is 0 Å². The largest absolute Gasteiger partial charge is 0.395 e. The Balaban J connectivity index is 3.29. The average molecular weight is 237 g/mol. The van der Waals surface area contributed by atoms with Gasteiger partial charge in [0.25, 0.3) is 0 Å². The minimum absolute atomic E-state index is 0.00695. The molecule has 0 unspecified atom stereocenters. The standard InChI is InChI=1S/C10H11Cl2FO/c1-10(2,5-14)6-3-9(13)8(12)4-7(6)11/h3-4,14H,5H2,1-2H3. The molecule has 0 heterocycles. The fourth-order valence-electron chi connectivity index (χ4n) is 1.13. The summed E-state index contributed by atoms with van der Waals surface area (Å²) in [6, 6.07) is 2.62. The van der Waals surface area contributed by atoms with E-state index < -0.39 is 11.2 Å². The van der Waals surface area contributed by atoms with Crippen LogP contribution in [-0.2, 0) is 5.41 Å². The van der Waals surface area contributed by atoms with Crippen molar-refractivity contribution in [3.05, 3.63) is 33.6 Å². The summed E-state index contributed by atoms with van der Waals surface area (Å²) in [5.74, 6) is -0.521. The average Bonchev–Trinajstić information content (AvgIpc) is 2.11. The van der Waals surface area contributed by atoms with Crippen LogP contribution in [0.15, 0.2) is 12.1 Å². The molecule has 0 atom stereocenters. The summed E-state index contributed by atoms with van der Waals surface area (Å²) in [4.78, 5) is 0. The van der Waals surface area contributed by atoms with Crippen molar-refractivity contribution in [1.82, 2.24) is 0 Å². The van der Waals surface area contributed by atoms with Crippen molar-refractivity contribution in [2.24, 2.45) is 0 Å². The Hall–Kier alpha value is -0.310. The van der Waals surface area contributed by atoms with E-state index in [4.69, 9.17) is 28.3 Å². The van der Waals surface area contributed by atoms with E-state index in [1.165, 1.54) is 12.1 Å². The molecule has 0 radical (unpaired) electrons. The monoisotopic (exact) mass is 236 g/mol. The highest BCUT2D eigenvalue weighted by molar-refractivity contribution is 6.35. The number of rotatable bonds is 2. The Labute approximate surface area is 92.5 Å². The first-order chi connectivity index (χ1) is 6.38. The SMILES string of the molecule is CC(C)(CO)c1cc(F)c(Cl)cc1Cl. The van der Waals surface area contributed by atoms with Gasteiger partial charge in [-0.05, 0) is 17.7 Å². The van der Waals surface area contributed by atoms with Gasteiger partial charge < -0.3 is 5.11 Å². The van der Waals surface area contributed by atoms with E-state index in [0.29, 0.717) is 10.6 Å². The van der Waals surface area contributed by atoms with Crippen LogP contribution in [0.25, 0.3) is 0 Å². The molecular weight excluding hydrogens is 226 g/mol. The third kappa shape index (κ3) is 2.19. The summed E-state index contributed by atoms with van der Waals surface area (Å²) >= 11 is 11.5. The Bertz CT molecular complexity index is 350. The van der Waals surface area contributed by atoms with E-state index >= 15 is 0 Å². The second kappa shape index (κ2) is 4.05. The molecule has 0 saturated heterocycles. The lowest BCUT2D eigenvalue weighted by Gasteiger charge is -2.23. The molecular formula is C10H11Cl2FO. The smallest absolute Gasteiger partial charge is 0.142 e. The maximum Gasteiger partial charge on any atom is 0.142 e. The molecule has 78 valence electrons. The van der Waals surface area contributed by atoms with Gasteiger partial charge in [0.2, 0.25) is 0 Å². The van der Waals surface area contributed by atoms with Crippen LogP contribution in [0, 0.1) is 5.82 Å². The molecule has 1 rings (SSSR count). The van der Waals surface area contributed by atoms with E-state index in [1.54, 1.807) is 13.8 Å². The number of hydrogen-bond acceptors (Lipinski definition) is 1. The lowest BCUT2D eigenvalue weighted by Crippen LogP contribution is -2.22. The Morgan fingerprint density at radius 1 is 1.29 bits per heavy atom. The molecule has 4 heteroatoms. The van der Waals surface area contributed by atoms with E-state index in [2.05, 4.69) is 0 Å². The van der Waals surface area contributed by atoms with E-state index in [0.717, 1.165) is 0 Å². The molecule has 1 aromatic carbocycles. The summed E-state index contributed by atoms with van der Waals surface area (Å²) in [5.41, 5.74) is -0.00809. The van der Waals surface area contributed by atoms with E-state index in [-0.39, 0.29) is 11.6 Å². The van der Waals surface area contributed by atoms with Crippen molar-refractivity contribution in [2.75, 3.05) is 6.61 Å². The van der Waals surface area contributed by atoms with Crippen molar-refractivity contribution >= 4 is 23.2 Å². The number of aliphatic hydroxyl groups is 1. The molecule has 14 heavy (non-hydrogen) atoms. The first kappa shape index (κ1) is 11.8. The van der Waals surface area contributed by atoms with Crippen LogP contribution in [-0.4, -0.2) is 11.7 Å². The molecule has 1 aromatic rings. The zero-order valence-corrected chi connectivity index (χ0v) is 9.45. The molecule has 1 N–H and O–H groups in total. The quantitative estimate of drug-likeness (QED) is 0.781. The minimum atomic E-state index is -0.567. The molecule has 0 aliphatic carbocycles. The van der Waals surface area contributed by atoms with Gasteiger partial charge in [0, 0.05) is 10.4 Å². The number of benzene rings is 1. The molecule has 0 saturated carbocycles. The predicted molar refractivity (Wildman–Crippen MR) is 56.5 cm³/mol. The van der Waals surface area contributed by atoms with Crippen LogP contribution in [0.4, 0.5) is 4.39 Å². The second-order valence-corrected chi connectivity index (χ2v) is 4.60. The van der Waals surface area contributed by atoms with Gasteiger partial charge in [0.05, 0.1) is 11.6 Å². The fourth-order valence-corrected chi connectivity index (χ4v) is 1.77. The summed E-state index contributed by atoms with van der Waals surface area (Å²) in [5, 5.41) is 9.48. The van der Waals surface area contributed by atoms with Gasteiger partial charge in [0.15, 0.2) is 0 Å². The van der Waals surface area contributed by atoms with Crippen molar-refractivity contribution in [3.63, 3.8) is 0 Å². The van der Waals surface area contributed by atoms with Crippen molar-refractivity contribution in [3.8, 4) is 0 Å². The van der Waals surface area contributed by atoms with Gasteiger partial charge >= 0.3 is 0 Å². The van der Waals surface area contributed by atoms with Gasteiger partial charge in [-0.3, -0.25) is 0 Å². The summed E-state index contributed by atoms with van der Waals surface area (Å²) in [6.45, 7) is 3.46. The highest BCUT2D eigenvalue weighted by Crippen LogP contribution is 2.32. The molecule has 0 spiro atoms. The van der Waals surface area contributed by atoms with Crippen LogP contribution in [0.1, 0.15) is 19.4 Å².